The zero-order valence-electron chi connectivity index (χ0n) is 29.5. The minimum atomic E-state index is -0.509. The van der Waals surface area contributed by atoms with Crippen molar-refractivity contribution < 1.29 is 17.1 Å². The molecule has 0 aliphatic heterocycles. The molecule has 0 amide bonds. The van der Waals surface area contributed by atoms with Crippen LogP contribution in [0.25, 0.3) is 21.5 Å². The molecule has 2 aliphatic carbocycles. The van der Waals surface area contributed by atoms with Gasteiger partial charge in [-0.05, 0) is 99.7 Å². The Bertz CT molecular complexity index is 1400. The Morgan fingerprint density at radius 2 is 1.04 bits per heavy atom. The first-order valence-electron chi connectivity index (χ1n) is 16.3. The topological polar surface area (TPSA) is 0 Å². The van der Waals surface area contributed by atoms with Gasteiger partial charge in [-0.2, -0.15) is 0 Å². The quantitative estimate of drug-likeness (QED) is 0.0852. The fourth-order valence-electron chi connectivity index (χ4n) is 8.19. The van der Waals surface area contributed by atoms with E-state index in [1.165, 1.54) is 60.1 Å². The molecule has 3 heteroatoms. The van der Waals surface area contributed by atoms with E-state index < -0.39 is 7.92 Å². The fraction of sp³-hybridized carbons (Fsp3) is 0.429. The minimum absolute atomic E-state index is 0. The summed E-state index contributed by atoms with van der Waals surface area (Å²) in [6.07, 6.45) is 12.6. The van der Waals surface area contributed by atoms with Crippen LogP contribution in [0.15, 0.2) is 97.1 Å². The van der Waals surface area contributed by atoms with Crippen LogP contribution in [0, 0.1) is 20.8 Å². The average molecular weight is 681 g/mol. The number of hydrogen-bond acceptors (Lipinski definition) is 0. The Hall–Kier alpha value is -1.48. The molecule has 0 aromatic heterocycles. The average Bonchev–Trinajstić information content (AvgIpc) is 3.68. The third-order valence-corrected chi connectivity index (χ3v) is 16.5. The summed E-state index contributed by atoms with van der Waals surface area (Å²) in [5.74, 6) is 0.772. The predicted octanol–water partition coefficient (Wildman–Crippen LogP) is 12.7. The molecule has 1 fully saturated rings. The molecule has 0 spiro atoms. The van der Waals surface area contributed by atoms with Crippen LogP contribution in [0.3, 0.4) is 0 Å². The van der Waals surface area contributed by atoms with Crippen molar-refractivity contribution in [1.29, 1.82) is 0 Å². The van der Waals surface area contributed by atoms with E-state index in [0.29, 0.717) is 10.3 Å². The second kappa shape index (κ2) is 17.1. The molecule has 244 valence electrons. The molecule has 2 unspecified atom stereocenters. The normalized spacial score (nSPS) is 18.6. The van der Waals surface area contributed by atoms with Gasteiger partial charge < -0.3 is 14.9 Å². The van der Waals surface area contributed by atoms with Crippen molar-refractivity contribution in [1.82, 2.24) is 0 Å². The third kappa shape index (κ3) is 9.11. The van der Waals surface area contributed by atoms with E-state index in [4.69, 9.17) is 0 Å². The fourth-order valence-corrected chi connectivity index (χ4v) is 17.1. The van der Waals surface area contributed by atoms with Crippen molar-refractivity contribution in [2.75, 3.05) is 0 Å². The summed E-state index contributed by atoms with van der Waals surface area (Å²) < 4.78 is 0. The molecule has 1 saturated carbocycles. The SMILES string of the molecule is C1=CCCC1.C[C@@H](C1CCCC1P(c1cccc2ccccc12)c1cccc2ccccc12)P(C(C)(C)C)C(C)(C)C.[CH3-].[CH3-].[Fe+2]. The van der Waals surface area contributed by atoms with Crippen molar-refractivity contribution in [3.8, 4) is 0 Å². The summed E-state index contributed by atoms with van der Waals surface area (Å²) in [6.45, 7) is 17.6. The number of rotatable bonds is 5. The molecule has 6 rings (SSSR count). The van der Waals surface area contributed by atoms with Crippen LogP contribution in [0.1, 0.15) is 87.0 Å². The van der Waals surface area contributed by atoms with Crippen molar-refractivity contribution in [2.45, 2.75) is 109 Å². The van der Waals surface area contributed by atoms with Crippen molar-refractivity contribution >= 4 is 48.0 Å². The van der Waals surface area contributed by atoms with Gasteiger partial charge in [0.05, 0.1) is 0 Å². The van der Waals surface area contributed by atoms with Crippen molar-refractivity contribution in [2.24, 2.45) is 5.92 Å². The maximum Gasteiger partial charge on any atom is 2.00 e. The zero-order valence-corrected chi connectivity index (χ0v) is 32.4. The maximum atomic E-state index is 2.63. The van der Waals surface area contributed by atoms with Gasteiger partial charge in [0.2, 0.25) is 0 Å². The summed E-state index contributed by atoms with van der Waals surface area (Å²) in [6, 6.07) is 32.3. The molecule has 0 N–H and O–H groups in total. The van der Waals surface area contributed by atoms with E-state index in [9.17, 15) is 0 Å². The molecule has 0 radical (unpaired) electrons. The molecule has 4 aromatic carbocycles. The van der Waals surface area contributed by atoms with Crippen LogP contribution in [0.2, 0.25) is 0 Å². The van der Waals surface area contributed by atoms with E-state index >= 15 is 0 Å². The molecular formula is C42H58FeP2. The van der Waals surface area contributed by atoms with Crippen LogP contribution in [-0.4, -0.2) is 21.6 Å². The summed E-state index contributed by atoms with van der Waals surface area (Å²) in [5, 5.41) is 9.54. The Labute approximate surface area is 290 Å². The van der Waals surface area contributed by atoms with Gasteiger partial charge in [0.25, 0.3) is 0 Å². The number of fused-ring (bicyclic) bond motifs is 2. The van der Waals surface area contributed by atoms with Gasteiger partial charge >= 0.3 is 17.1 Å². The monoisotopic (exact) mass is 680 g/mol. The van der Waals surface area contributed by atoms with Gasteiger partial charge in [-0.3, -0.25) is 0 Å². The largest absolute Gasteiger partial charge is 2.00 e. The molecule has 0 saturated heterocycles. The van der Waals surface area contributed by atoms with E-state index in [-0.39, 0.29) is 39.8 Å². The van der Waals surface area contributed by atoms with E-state index in [1.54, 1.807) is 10.6 Å². The van der Waals surface area contributed by atoms with Crippen molar-refractivity contribution in [3.63, 3.8) is 0 Å². The molecule has 45 heavy (non-hydrogen) atoms. The Kier molecular flexibility index (Phi) is 15.1. The third-order valence-electron chi connectivity index (χ3n) is 9.30. The first kappa shape index (κ1) is 39.7. The first-order valence-corrected chi connectivity index (χ1v) is 19.1. The summed E-state index contributed by atoms with van der Waals surface area (Å²) >= 11 is 0. The molecule has 4 aromatic rings. The first-order chi connectivity index (χ1) is 20.1. The summed E-state index contributed by atoms with van der Waals surface area (Å²) in [7, 11) is -0.672. The van der Waals surface area contributed by atoms with E-state index in [2.05, 4.69) is 146 Å². The van der Waals surface area contributed by atoms with E-state index in [1.807, 2.05) is 0 Å². The molecule has 3 atom stereocenters. The number of hydrogen-bond donors (Lipinski definition) is 0. The van der Waals surface area contributed by atoms with Gasteiger partial charge in [0.15, 0.2) is 0 Å². The number of allylic oxidation sites excluding steroid dienone is 2. The van der Waals surface area contributed by atoms with Gasteiger partial charge in [-0.25, -0.2) is 0 Å². The zero-order chi connectivity index (χ0) is 29.9. The maximum absolute atomic E-state index is 2.63. The Morgan fingerprint density at radius 1 is 0.600 bits per heavy atom. The second-order valence-corrected chi connectivity index (χ2v) is 21.0. The smallest absolute Gasteiger partial charge is 0.358 e. The van der Waals surface area contributed by atoms with Crippen molar-refractivity contribution in [3.05, 3.63) is 112 Å². The van der Waals surface area contributed by atoms with Crippen LogP contribution in [0.4, 0.5) is 0 Å². The van der Waals surface area contributed by atoms with Gasteiger partial charge in [0, 0.05) is 0 Å². The molecular weight excluding hydrogens is 622 g/mol. The van der Waals surface area contributed by atoms with Gasteiger partial charge in [-0.15, -0.1) is 0 Å². The second-order valence-electron chi connectivity index (χ2n) is 14.4. The molecule has 0 bridgehead atoms. The van der Waals surface area contributed by atoms with Crippen LogP contribution in [0.5, 0.6) is 0 Å². The van der Waals surface area contributed by atoms with Crippen LogP contribution < -0.4 is 10.6 Å². The van der Waals surface area contributed by atoms with Crippen LogP contribution >= 0.6 is 15.8 Å². The standard InChI is InChI=1S/C35H44P2.C5H8.2CH3.Fe/c1-25(37(34(2,3)4)35(5,6)7)28-21-14-24-31(28)36(32-22-12-17-26-15-8-10-19-29(26)32)33-23-13-18-27-16-9-11-20-30(27)33;1-2-4-5-3-1;;;/h8-13,15-20,22-23,25,28,31H,14,21,24H2,1-7H3;1-2H,3-5H2;2*1H3;/q;;2*-1;+2/t25-,28?,31?;;;;/m0..../s1. The van der Waals surface area contributed by atoms with Gasteiger partial charge in [-0.1, -0.05) is 160 Å². The van der Waals surface area contributed by atoms with E-state index in [0.717, 1.165) is 17.2 Å². The van der Waals surface area contributed by atoms with Crippen LogP contribution in [-0.2, 0) is 17.1 Å². The van der Waals surface area contributed by atoms with Gasteiger partial charge in [0.1, 0.15) is 0 Å². The summed E-state index contributed by atoms with van der Waals surface area (Å²) in [4.78, 5) is 0. The molecule has 0 nitrogen and oxygen atoms in total. The predicted molar refractivity (Wildman–Crippen MR) is 207 cm³/mol. The number of benzene rings is 4. The minimum Gasteiger partial charge on any atom is -0.358 e. The molecule has 0 heterocycles. The Balaban J connectivity index is 0.000000805. The Morgan fingerprint density at radius 3 is 1.47 bits per heavy atom. The summed E-state index contributed by atoms with van der Waals surface area (Å²) in [5.41, 5.74) is 1.47. The molecule has 2 aliphatic rings.